The quantitative estimate of drug-likeness (QED) is 0.126. The molecule has 3 nitrogen and oxygen atoms in total. The van der Waals surface area contributed by atoms with Gasteiger partial charge in [0, 0.05) is 6.08 Å². The monoisotopic (exact) mass is 478 g/mol. The Balaban J connectivity index is 5.30. The maximum atomic E-state index is 11.5. The van der Waals surface area contributed by atoms with Crippen molar-refractivity contribution in [1.29, 1.82) is 0 Å². The largest absolute Gasteiger partial charge is 0.463 e. The van der Waals surface area contributed by atoms with E-state index in [-0.39, 0.29) is 23.0 Å². The number of hydrogen-bond acceptors (Lipinski definition) is 3. The standard InChI is InChI=1S/C20H35IO3Si/c1-9-23-19(22)12-10-11-18(17(3)15-16(2)13-14-21)24-25(7,8)20(4,5)6/h10,12-15,17-18H,9,11H2,1-8H3/t17-,18-/m0/s1. The maximum absolute atomic E-state index is 11.5. The highest BCUT2D eigenvalue weighted by atomic mass is 127. The van der Waals surface area contributed by atoms with Gasteiger partial charge in [-0.1, -0.05) is 74.1 Å². The van der Waals surface area contributed by atoms with Crippen LogP contribution in [0.1, 0.15) is 48.0 Å². The minimum atomic E-state index is -1.89. The van der Waals surface area contributed by atoms with Crippen LogP contribution in [-0.2, 0) is 14.0 Å². The molecular weight excluding hydrogens is 443 g/mol. The van der Waals surface area contributed by atoms with Crippen molar-refractivity contribution in [1.82, 2.24) is 0 Å². The highest BCUT2D eigenvalue weighted by Gasteiger charge is 2.39. The van der Waals surface area contributed by atoms with Crippen molar-refractivity contribution in [2.24, 2.45) is 5.92 Å². The second kappa shape index (κ2) is 11.3. The van der Waals surface area contributed by atoms with Gasteiger partial charge in [-0.3, -0.25) is 0 Å². The van der Waals surface area contributed by atoms with Crippen molar-refractivity contribution in [3.05, 3.63) is 34.0 Å². The lowest BCUT2D eigenvalue weighted by Crippen LogP contribution is -2.45. The number of esters is 1. The molecule has 0 rings (SSSR count). The molecule has 5 heteroatoms. The summed E-state index contributed by atoms with van der Waals surface area (Å²) >= 11 is 2.23. The lowest BCUT2D eigenvalue weighted by Gasteiger charge is -2.40. The summed E-state index contributed by atoms with van der Waals surface area (Å²) in [6, 6.07) is 0. The van der Waals surface area contributed by atoms with Crippen molar-refractivity contribution in [2.75, 3.05) is 6.61 Å². The fraction of sp³-hybridized carbons (Fsp3) is 0.650. The minimum Gasteiger partial charge on any atom is -0.463 e. The van der Waals surface area contributed by atoms with Crippen LogP contribution in [0.25, 0.3) is 0 Å². The zero-order valence-corrected chi connectivity index (χ0v) is 20.2. The molecule has 0 spiro atoms. The molecule has 0 fully saturated rings. The van der Waals surface area contributed by atoms with Gasteiger partial charge < -0.3 is 9.16 Å². The molecule has 2 atom stereocenters. The molecule has 25 heavy (non-hydrogen) atoms. The Bertz CT molecular complexity index is 502. The number of allylic oxidation sites excluding steroid dienone is 2. The molecule has 144 valence electrons. The lowest BCUT2D eigenvalue weighted by atomic mass is 9.99. The van der Waals surface area contributed by atoms with E-state index in [4.69, 9.17) is 9.16 Å². The van der Waals surface area contributed by atoms with Gasteiger partial charge in [0.05, 0.1) is 12.7 Å². The summed E-state index contributed by atoms with van der Waals surface area (Å²) < 4.78 is 13.6. The number of carbonyl (C=O) groups excluding carboxylic acids is 1. The van der Waals surface area contributed by atoms with Gasteiger partial charge in [-0.2, -0.15) is 0 Å². The number of rotatable bonds is 9. The predicted octanol–water partition coefficient (Wildman–Crippen LogP) is 6.42. The minimum absolute atomic E-state index is 0.0455. The van der Waals surface area contributed by atoms with Crippen LogP contribution in [0.2, 0.25) is 18.1 Å². The van der Waals surface area contributed by atoms with E-state index in [0.29, 0.717) is 13.0 Å². The molecule has 0 aliphatic heterocycles. The van der Waals surface area contributed by atoms with E-state index in [1.54, 1.807) is 0 Å². The molecule has 0 radical (unpaired) electrons. The van der Waals surface area contributed by atoms with Crippen molar-refractivity contribution < 1.29 is 14.0 Å². The molecule has 0 aromatic heterocycles. The van der Waals surface area contributed by atoms with Crippen molar-refractivity contribution in [3.8, 4) is 0 Å². The van der Waals surface area contributed by atoms with Crippen LogP contribution in [0.5, 0.6) is 0 Å². The first-order chi connectivity index (χ1) is 11.4. The summed E-state index contributed by atoms with van der Waals surface area (Å²) in [5.74, 6) is -0.0330. The van der Waals surface area contributed by atoms with Crippen LogP contribution in [0.15, 0.2) is 34.0 Å². The van der Waals surface area contributed by atoms with E-state index in [1.165, 1.54) is 11.6 Å². The first kappa shape index (κ1) is 24.6. The van der Waals surface area contributed by atoms with E-state index in [9.17, 15) is 4.79 Å². The summed E-state index contributed by atoms with van der Waals surface area (Å²) in [6.07, 6.45) is 8.47. The normalized spacial score (nSPS) is 16.4. The smallest absolute Gasteiger partial charge is 0.330 e. The zero-order chi connectivity index (χ0) is 19.7. The predicted molar refractivity (Wildman–Crippen MR) is 119 cm³/mol. The Kier molecular flexibility index (Phi) is 11.2. The van der Waals surface area contributed by atoms with Gasteiger partial charge in [-0.05, 0) is 48.4 Å². The summed E-state index contributed by atoms with van der Waals surface area (Å²) in [5, 5.41) is 0.150. The topological polar surface area (TPSA) is 35.5 Å². The first-order valence-corrected chi connectivity index (χ1v) is 13.1. The van der Waals surface area contributed by atoms with Gasteiger partial charge in [0.2, 0.25) is 0 Å². The van der Waals surface area contributed by atoms with Crippen LogP contribution in [-0.4, -0.2) is 27.0 Å². The van der Waals surface area contributed by atoms with Crippen LogP contribution in [0, 0.1) is 5.92 Å². The van der Waals surface area contributed by atoms with Crippen LogP contribution >= 0.6 is 22.6 Å². The fourth-order valence-corrected chi connectivity index (χ4v) is 4.08. The van der Waals surface area contributed by atoms with E-state index < -0.39 is 8.32 Å². The molecule has 0 amide bonds. The first-order valence-electron chi connectivity index (χ1n) is 8.91. The average molecular weight is 478 g/mol. The molecule has 0 bridgehead atoms. The van der Waals surface area contributed by atoms with Gasteiger partial charge in [-0.25, -0.2) is 4.79 Å². The van der Waals surface area contributed by atoms with E-state index in [1.807, 2.05) is 17.1 Å². The van der Waals surface area contributed by atoms with E-state index >= 15 is 0 Å². The highest BCUT2D eigenvalue weighted by molar-refractivity contribution is 14.1. The van der Waals surface area contributed by atoms with Gasteiger partial charge in [0.1, 0.15) is 0 Å². The van der Waals surface area contributed by atoms with Gasteiger partial charge in [0.25, 0.3) is 0 Å². The summed E-state index contributed by atoms with van der Waals surface area (Å²) in [7, 11) is -1.89. The molecule has 0 saturated heterocycles. The molecule has 0 N–H and O–H groups in total. The third kappa shape index (κ3) is 9.75. The third-order valence-corrected chi connectivity index (χ3v) is 9.46. The molecule has 0 saturated carbocycles. The van der Waals surface area contributed by atoms with Gasteiger partial charge in [0.15, 0.2) is 8.32 Å². The Morgan fingerprint density at radius 2 is 1.84 bits per heavy atom. The number of hydrogen-bond donors (Lipinski definition) is 0. The Morgan fingerprint density at radius 1 is 1.24 bits per heavy atom. The molecule has 0 aliphatic rings. The van der Waals surface area contributed by atoms with Crippen molar-refractivity contribution in [2.45, 2.75) is 72.2 Å². The second-order valence-electron chi connectivity index (χ2n) is 7.87. The average Bonchev–Trinajstić information content (AvgIpc) is 2.45. The fourth-order valence-electron chi connectivity index (χ4n) is 2.09. The van der Waals surface area contributed by atoms with E-state index in [0.717, 1.165) is 0 Å². The number of carbonyl (C=O) groups is 1. The van der Waals surface area contributed by atoms with Crippen LogP contribution in [0.3, 0.4) is 0 Å². The van der Waals surface area contributed by atoms with Crippen LogP contribution < -0.4 is 0 Å². The molecule has 0 aromatic carbocycles. The number of halogens is 1. The zero-order valence-electron chi connectivity index (χ0n) is 17.1. The number of ether oxygens (including phenoxy) is 1. The Hall–Kier alpha value is -0.403. The Labute approximate surface area is 169 Å². The van der Waals surface area contributed by atoms with E-state index in [2.05, 4.69) is 82.5 Å². The molecular formula is C20H35IO3Si. The maximum Gasteiger partial charge on any atom is 0.330 e. The second-order valence-corrected chi connectivity index (χ2v) is 13.3. The third-order valence-electron chi connectivity index (χ3n) is 4.60. The lowest BCUT2D eigenvalue weighted by molar-refractivity contribution is -0.137. The van der Waals surface area contributed by atoms with Crippen molar-refractivity contribution >= 4 is 36.9 Å². The summed E-state index contributed by atoms with van der Waals surface area (Å²) in [5.41, 5.74) is 1.22. The van der Waals surface area contributed by atoms with Crippen molar-refractivity contribution in [3.63, 3.8) is 0 Å². The summed E-state index contributed by atoms with van der Waals surface area (Å²) in [4.78, 5) is 11.5. The van der Waals surface area contributed by atoms with Crippen LogP contribution in [0.4, 0.5) is 0 Å². The SMILES string of the molecule is CCOC(=O)C=CC[C@H](O[Si](C)(C)C(C)(C)C)[C@@H](C)C=C(C)C=CI. The highest BCUT2D eigenvalue weighted by Crippen LogP contribution is 2.38. The van der Waals surface area contributed by atoms with Gasteiger partial charge in [-0.15, -0.1) is 0 Å². The molecule has 0 unspecified atom stereocenters. The Morgan fingerprint density at radius 3 is 2.32 bits per heavy atom. The molecule has 0 heterocycles. The summed E-state index contributed by atoms with van der Waals surface area (Å²) in [6.45, 7) is 17.8. The molecule has 0 aliphatic carbocycles. The molecule has 0 aromatic rings. The van der Waals surface area contributed by atoms with Gasteiger partial charge >= 0.3 is 5.97 Å².